The van der Waals surface area contributed by atoms with Gasteiger partial charge in [0, 0.05) is 5.69 Å². The molecular formula is C13H19NO2. The lowest BCUT2D eigenvalue weighted by Gasteiger charge is -2.21. The molecule has 0 radical (unpaired) electrons. The molecule has 0 bridgehead atoms. The fourth-order valence-corrected chi connectivity index (χ4v) is 1.52. The summed E-state index contributed by atoms with van der Waals surface area (Å²) in [6, 6.07) is 7.73. The Morgan fingerprint density at radius 2 is 1.88 bits per heavy atom. The summed E-state index contributed by atoms with van der Waals surface area (Å²) in [6.07, 6.45) is 1.62. The van der Waals surface area contributed by atoms with E-state index in [0.29, 0.717) is 0 Å². The second-order valence-corrected chi connectivity index (χ2v) is 4.62. The number of ether oxygens (including phenoxy) is 1. The molecule has 88 valence electrons. The number of hydrogen-bond donors (Lipinski definition) is 1. The third kappa shape index (κ3) is 3.26. The topological polar surface area (TPSA) is 52.3 Å². The second kappa shape index (κ2) is 5.01. The van der Waals surface area contributed by atoms with Crippen molar-refractivity contribution in [2.24, 2.45) is 5.41 Å². The Labute approximate surface area is 96.6 Å². The maximum absolute atomic E-state index is 11.5. The van der Waals surface area contributed by atoms with Crippen LogP contribution in [-0.2, 0) is 16.0 Å². The van der Waals surface area contributed by atoms with Gasteiger partial charge in [-0.25, -0.2) is 0 Å². The van der Waals surface area contributed by atoms with Crippen LogP contribution in [0.25, 0.3) is 0 Å². The monoisotopic (exact) mass is 221 g/mol. The highest BCUT2D eigenvalue weighted by molar-refractivity contribution is 5.75. The van der Waals surface area contributed by atoms with Crippen molar-refractivity contribution in [3.63, 3.8) is 0 Å². The van der Waals surface area contributed by atoms with E-state index in [4.69, 9.17) is 10.5 Å². The van der Waals surface area contributed by atoms with Crippen LogP contribution in [-0.4, -0.2) is 13.1 Å². The van der Waals surface area contributed by atoms with E-state index in [0.717, 1.165) is 18.5 Å². The molecular weight excluding hydrogens is 202 g/mol. The minimum Gasteiger partial charge on any atom is -0.469 e. The molecule has 0 amide bonds. The molecule has 0 heterocycles. The lowest BCUT2D eigenvalue weighted by atomic mass is 9.86. The number of benzene rings is 1. The highest BCUT2D eigenvalue weighted by Crippen LogP contribution is 2.24. The zero-order valence-corrected chi connectivity index (χ0v) is 10.1. The molecule has 0 saturated heterocycles. The number of anilines is 1. The summed E-state index contributed by atoms with van der Waals surface area (Å²) < 4.78 is 4.76. The summed E-state index contributed by atoms with van der Waals surface area (Å²) in [5.74, 6) is -0.164. The fraction of sp³-hybridized carbons (Fsp3) is 0.462. The molecule has 0 fully saturated rings. The van der Waals surface area contributed by atoms with Crippen molar-refractivity contribution in [2.75, 3.05) is 12.8 Å². The molecule has 0 aliphatic rings. The normalized spacial score (nSPS) is 11.2. The Morgan fingerprint density at radius 3 is 2.38 bits per heavy atom. The molecule has 0 spiro atoms. The van der Waals surface area contributed by atoms with Crippen LogP contribution >= 0.6 is 0 Å². The standard InChI is InChI=1S/C13H19NO2/c1-13(2,12(15)16-3)9-8-10-4-6-11(14)7-5-10/h4-7H,8-9,14H2,1-3H3. The number of carbonyl (C=O) groups excluding carboxylic acids is 1. The highest BCUT2D eigenvalue weighted by Gasteiger charge is 2.27. The summed E-state index contributed by atoms with van der Waals surface area (Å²) in [7, 11) is 1.42. The van der Waals surface area contributed by atoms with Crippen LogP contribution in [0.2, 0.25) is 0 Å². The van der Waals surface area contributed by atoms with Gasteiger partial charge in [-0.2, -0.15) is 0 Å². The molecule has 0 unspecified atom stereocenters. The average molecular weight is 221 g/mol. The molecule has 0 aliphatic carbocycles. The quantitative estimate of drug-likeness (QED) is 0.627. The highest BCUT2D eigenvalue weighted by atomic mass is 16.5. The Morgan fingerprint density at radius 1 is 1.31 bits per heavy atom. The third-order valence-electron chi connectivity index (χ3n) is 2.76. The molecule has 0 saturated carbocycles. The molecule has 16 heavy (non-hydrogen) atoms. The molecule has 3 heteroatoms. The SMILES string of the molecule is COC(=O)C(C)(C)CCc1ccc(N)cc1. The molecule has 0 aromatic heterocycles. The fourth-order valence-electron chi connectivity index (χ4n) is 1.52. The van der Waals surface area contributed by atoms with Gasteiger partial charge in [0.25, 0.3) is 0 Å². The van der Waals surface area contributed by atoms with Crippen molar-refractivity contribution in [1.82, 2.24) is 0 Å². The van der Waals surface area contributed by atoms with Gasteiger partial charge in [-0.05, 0) is 44.4 Å². The van der Waals surface area contributed by atoms with Gasteiger partial charge in [0.2, 0.25) is 0 Å². The van der Waals surface area contributed by atoms with Crippen LogP contribution in [0.4, 0.5) is 5.69 Å². The summed E-state index contributed by atoms with van der Waals surface area (Å²) in [5.41, 5.74) is 7.12. The maximum Gasteiger partial charge on any atom is 0.311 e. The molecule has 0 aliphatic heterocycles. The number of methoxy groups -OCH3 is 1. The number of hydrogen-bond acceptors (Lipinski definition) is 3. The van der Waals surface area contributed by atoms with Crippen molar-refractivity contribution in [1.29, 1.82) is 0 Å². The van der Waals surface area contributed by atoms with E-state index < -0.39 is 5.41 Å². The van der Waals surface area contributed by atoms with Gasteiger partial charge in [-0.1, -0.05) is 12.1 Å². The number of aryl methyl sites for hydroxylation is 1. The van der Waals surface area contributed by atoms with Gasteiger partial charge >= 0.3 is 5.97 Å². The molecule has 1 rings (SSSR count). The number of rotatable bonds is 4. The van der Waals surface area contributed by atoms with Gasteiger partial charge in [-0.3, -0.25) is 4.79 Å². The minimum absolute atomic E-state index is 0.164. The zero-order valence-electron chi connectivity index (χ0n) is 10.1. The van der Waals surface area contributed by atoms with E-state index in [9.17, 15) is 4.79 Å². The van der Waals surface area contributed by atoms with Gasteiger partial charge < -0.3 is 10.5 Å². The van der Waals surface area contributed by atoms with E-state index in [1.165, 1.54) is 12.7 Å². The molecule has 2 N–H and O–H groups in total. The predicted octanol–water partition coefficient (Wildman–Crippen LogP) is 2.40. The number of carbonyl (C=O) groups is 1. The lowest BCUT2D eigenvalue weighted by Crippen LogP contribution is -2.26. The average Bonchev–Trinajstić information content (AvgIpc) is 2.27. The van der Waals surface area contributed by atoms with E-state index >= 15 is 0 Å². The number of nitrogen functional groups attached to an aromatic ring is 1. The van der Waals surface area contributed by atoms with E-state index in [1.807, 2.05) is 38.1 Å². The lowest BCUT2D eigenvalue weighted by molar-refractivity contribution is -0.151. The Hall–Kier alpha value is -1.51. The van der Waals surface area contributed by atoms with Crippen LogP contribution in [0.15, 0.2) is 24.3 Å². The Balaban J connectivity index is 2.57. The van der Waals surface area contributed by atoms with Crippen LogP contribution in [0.3, 0.4) is 0 Å². The smallest absolute Gasteiger partial charge is 0.311 e. The van der Waals surface area contributed by atoms with Crippen molar-refractivity contribution in [2.45, 2.75) is 26.7 Å². The van der Waals surface area contributed by atoms with Crippen LogP contribution in [0, 0.1) is 5.41 Å². The van der Waals surface area contributed by atoms with Gasteiger partial charge in [0.1, 0.15) is 0 Å². The van der Waals surface area contributed by atoms with Crippen LogP contribution < -0.4 is 5.73 Å². The second-order valence-electron chi connectivity index (χ2n) is 4.62. The number of nitrogens with two attached hydrogens (primary N) is 1. The molecule has 1 aromatic carbocycles. The van der Waals surface area contributed by atoms with E-state index in [-0.39, 0.29) is 5.97 Å². The first-order valence-corrected chi connectivity index (χ1v) is 5.38. The predicted molar refractivity (Wildman–Crippen MR) is 65.0 cm³/mol. The minimum atomic E-state index is -0.434. The Kier molecular flexibility index (Phi) is 3.93. The summed E-state index contributed by atoms with van der Waals surface area (Å²) in [5, 5.41) is 0. The first-order chi connectivity index (χ1) is 7.45. The first kappa shape index (κ1) is 12.6. The first-order valence-electron chi connectivity index (χ1n) is 5.38. The van der Waals surface area contributed by atoms with Crippen molar-refractivity contribution >= 4 is 11.7 Å². The van der Waals surface area contributed by atoms with Crippen molar-refractivity contribution in [3.05, 3.63) is 29.8 Å². The summed E-state index contributed by atoms with van der Waals surface area (Å²) in [6.45, 7) is 3.80. The molecule has 3 nitrogen and oxygen atoms in total. The van der Waals surface area contributed by atoms with Crippen LogP contribution in [0.1, 0.15) is 25.8 Å². The number of esters is 1. The molecule has 0 atom stereocenters. The largest absolute Gasteiger partial charge is 0.469 e. The van der Waals surface area contributed by atoms with Gasteiger partial charge in [-0.15, -0.1) is 0 Å². The summed E-state index contributed by atoms with van der Waals surface area (Å²) in [4.78, 5) is 11.5. The van der Waals surface area contributed by atoms with E-state index in [1.54, 1.807) is 0 Å². The van der Waals surface area contributed by atoms with Crippen LogP contribution in [0.5, 0.6) is 0 Å². The maximum atomic E-state index is 11.5. The van der Waals surface area contributed by atoms with Gasteiger partial charge in [0.05, 0.1) is 12.5 Å². The van der Waals surface area contributed by atoms with Crippen molar-refractivity contribution < 1.29 is 9.53 Å². The summed E-state index contributed by atoms with van der Waals surface area (Å²) >= 11 is 0. The Bertz CT molecular complexity index is 355. The molecule has 1 aromatic rings. The zero-order chi connectivity index (χ0) is 12.2. The van der Waals surface area contributed by atoms with Gasteiger partial charge in [0.15, 0.2) is 0 Å². The van der Waals surface area contributed by atoms with E-state index in [2.05, 4.69) is 0 Å². The van der Waals surface area contributed by atoms with Crippen molar-refractivity contribution in [3.8, 4) is 0 Å². The third-order valence-corrected chi connectivity index (χ3v) is 2.76.